The van der Waals surface area contributed by atoms with Gasteiger partial charge in [0, 0.05) is 30.7 Å². The van der Waals surface area contributed by atoms with Gasteiger partial charge in [0.25, 0.3) is 0 Å². The first-order valence-electron chi connectivity index (χ1n) is 7.92. The third-order valence-corrected chi connectivity index (χ3v) is 4.51. The summed E-state index contributed by atoms with van der Waals surface area (Å²) in [5, 5.41) is 5.42. The molecule has 0 amide bonds. The van der Waals surface area contributed by atoms with Crippen LogP contribution in [0.1, 0.15) is 0 Å². The summed E-state index contributed by atoms with van der Waals surface area (Å²) < 4.78 is 7.47. The summed E-state index contributed by atoms with van der Waals surface area (Å²) in [5.74, 6) is 1.83. The molecule has 0 aliphatic carbocycles. The third-order valence-electron chi connectivity index (χ3n) is 4.51. The van der Waals surface area contributed by atoms with Crippen molar-refractivity contribution in [1.29, 1.82) is 0 Å². The van der Waals surface area contributed by atoms with Gasteiger partial charge in [-0.05, 0) is 53.9 Å². The highest BCUT2D eigenvalue weighted by molar-refractivity contribution is 6.05. The van der Waals surface area contributed by atoms with Gasteiger partial charge in [0.1, 0.15) is 11.6 Å². The van der Waals surface area contributed by atoms with E-state index in [1.165, 1.54) is 0 Å². The molecule has 1 N–H and O–H groups in total. The lowest BCUT2D eigenvalue weighted by atomic mass is 10.1. The first-order chi connectivity index (χ1) is 11.7. The Kier molecular flexibility index (Phi) is 3.38. The van der Waals surface area contributed by atoms with Crippen LogP contribution in [0.15, 0.2) is 54.6 Å². The monoisotopic (exact) mass is 317 g/mol. The van der Waals surface area contributed by atoms with Gasteiger partial charge >= 0.3 is 0 Å². The molecule has 4 nitrogen and oxygen atoms in total. The molecule has 0 unspecified atom stereocenters. The fourth-order valence-electron chi connectivity index (χ4n) is 3.13. The minimum atomic E-state index is 0.862. The van der Waals surface area contributed by atoms with E-state index in [2.05, 4.69) is 59.4 Å². The van der Waals surface area contributed by atoms with Crippen molar-refractivity contribution >= 4 is 27.5 Å². The van der Waals surface area contributed by atoms with E-state index in [4.69, 9.17) is 9.72 Å². The highest BCUT2D eigenvalue weighted by atomic mass is 16.5. The maximum Gasteiger partial charge on any atom is 0.140 e. The van der Waals surface area contributed by atoms with E-state index in [1.807, 2.05) is 19.2 Å². The van der Waals surface area contributed by atoms with Crippen molar-refractivity contribution in [3.05, 3.63) is 54.6 Å². The van der Waals surface area contributed by atoms with Crippen LogP contribution >= 0.6 is 0 Å². The average Bonchev–Trinajstić information content (AvgIpc) is 2.98. The van der Waals surface area contributed by atoms with Crippen molar-refractivity contribution < 1.29 is 4.74 Å². The van der Waals surface area contributed by atoms with Gasteiger partial charge in [-0.3, -0.25) is 0 Å². The molecule has 4 rings (SSSR count). The first-order valence-corrected chi connectivity index (χ1v) is 7.92. The minimum Gasteiger partial charge on any atom is -0.497 e. The standard InChI is InChI=1S/C20H19N3O/c1-21-15-7-4-13(5-8-15)20-22-19-17-10-9-16(24-3)12-14(17)6-11-18(19)23(20)2/h4-12,21H,1-3H3. The summed E-state index contributed by atoms with van der Waals surface area (Å²) in [6, 6.07) is 18.7. The molecule has 3 aromatic carbocycles. The smallest absolute Gasteiger partial charge is 0.140 e. The Bertz CT molecular complexity index is 1030. The van der Waals surface area contributed by atoms with Crippen LogP contribution < -0.4 is 10.1 Å². The number of aromatic nitrogens is 2. The molecule has 4 aromatic rings. The predicted molar refractivity (Wildman–Crippen MR) is 99.8 cm³/mol. The van der Waals surface area contributed by atoms with E-state index in [-0.39, 0.29) is 0 Å². The van der Waals surface area contributed by atoms with Crippen LogP contribution in [0.25, 0.3) is 33.2 Å². The van der Waals surface area contributed by atoms with Gasteiger partial charge in [-0.25, -0.2) is 4.98 Å². The number of ether oxygens (including phenoxy) is 1. The second kappa shape index (κ2) is 5.57. The van der Waals surface area contributed by atoms with Crippen molar-refractivity contribution in [3.63, 3.8) is 0 Å². The van der Waals surface area contributed by atoms with Crippen LogP contribution in [0.2, 0.25) is 0 Å². The lowest BCUT2D eigenvalue weighted by molar-refractivity contribution is 0.415. The summed E-state index contributed by atoms with van der Waals surface area (Å²) in [7, 11) is 5.67. The molecular weight excluding hydrogens is 298 g/mol. The van der Waals surface area contributed by atoms with Crippen LogP contribution in [-0.2, 0) is 7.05 Å². The Morgan fingerprint density at radius 3 is 2.50 bits per heavy atom. The molecule has 120 valence electrons. The average molecular weight is 317 g/mol. The largest absolute Gasteiger partial charge is 0.497 e. The second-order valence-corrected chi connectivity index (χ2v) is 5.84. The Morgan fingerprint density at radius 2 is 1.79 bits per heavy atom. The van der Waals surface area contributed by atoms with Gasteiger partial charge in [0.2, 0.25) is 0 Å². The van der Waals surface area contributed by atoms with E-state index < -0.39 is 0 Å². The number of methoxy groups -OCH3 is 1. The Labute approximate surface area is 140 Å². The first kappa shape index (κ1) is 14.6. The number of hydrogen-bond acceptors (Lipinski definition) is 3. The zero-order chi connectivity index (χ0) is 16.7. The van der Waals surface area contributed by atoms with Gasteiger partial charge in [0.05, 0.1) is 18.1 Å². The molecule has 0 fully saturated rings. The number of aryl methyl sites for hydroxylation is 1. The normalized spacial score (nSPS) is 11.1. The number of nitrogens with one attached hydrogen (secondary N) is 1. The van der Waals surface area contributed by atoms with E-state index >= 15 is 0 Å². The van der Waals surface area contributed by atoms with Gasteiger partial charge < -0.3 is 14.6 Å². The predicted octanol–water partition coefficient (Wildman–Crippen LogP) is 4.44. The van der Waals surface area contributed by atoms with Crippen molar-refractivity contribution in [1.82, 2.24) is 9.55 Å². The molecule has 0 spiro atoms. The molecule has 0 atom stereocenters. The minimum absolute atomic E-state index is 0.862. The van der Waals surface area contributed by atoms with E-state index in [0.29, 0.717) is 0 Å². The molecule has 1 heterocycles. The van der Waals surface area contributed by atoms with Crippen molar-refractivity contribution in [3.8, 4) is 17.1 Å². The third kappa shape index (κ3) is 2.19. The molecule has 0 bridgehead atoms. The highest BCUT2D eigenvalue weighted by Gasteiger charge is 2.12. The molecule has 0 aliphatic heterocycles. The molecule has 0 aliphatic rings. The maximum atomic E-state index is 5.32. The van der Waals surface area contributed by atoms with E-state index in [9.17, 15) is 0 Å². The number of rotatable bonds is 3. The molecular formula is C20H19N3O. The number of hydrogen-bond donors (Lipinski definition) is 1. The summed E-state index contributed by atoms with van der Waals surface area (Å²) >= 11 is 0. The van der Waals surface area contributed by atoms with Crippen LogP contribution in [0.5, 0.6) is 5.75 Å². The number of benzene rings is 3. The zero-order valence-electron chi connectivity index (χ0n) is 14.0. The highest BCUT2D eigenvalue weighted by Crippen LogP contribution is 2.31. The number of nitrogens with zero attached hydrogens (tertiary/aromatic N) is 2. The van der Waals surface area contributed by atoms with Gasteiger partial charge in [-0.15, -0.1) is 0 Å². The van der Waals surface area contributed by atoms with E-state index in [0.717, 1.165) is 44.6 Å². The van der Waals surface area contributed by atoms with Crippen LogP contribution in [0.4, 0.5) is 5.69 Å². The fourth-order valence-corrected chi connectivity index (χ4v) is 3.13. The van der Waals surface area contributed by atoms with Crippen LogP contribution in [0, 0.1) is 0 Å². The molecule has 0 saturated heterocycles. The molecule has 1 aromatic heterocycles. The quantitative estimate of drug-likeness (QED) is 0.607. The fraction of sp³-hybridized carbons (Fsp3) is 0.150. The second-order valence-electron chi connectivity index (χ2n) is 5.84. The Hall–Kier alpha value is -3.01. The van der Waals surface area contributed by atoms with Crippen LogP contribution in [0.3, 0.4) is 0 Å². The number of fused-ring (bicyclic) bond motifs is 3. The Balaban J connectivity index is 1.94. The van der Waals surface area contributed by atoms with Crippen molar-refractivity contribution in [2.45, 2.75) is 0 Å². The van der Waals surface area contributed by atoms with Gasteiger partial charge in [-0.2, -0.15) is 0 Å². The summed E-state index contributed by atoms with van der Waals surface area (Å²) in [6.45, 7) is 0. The summed E-state index contributed by atoms with van der Waals surface area (Å²) in [4.78, 5) is 4.92. The van der Waals surface area contributed by atoms with Crippen molar-refractivity contribution in [2.75, 3.05) is 19.5 Å². The molecule has 24 heavy (non-hydrogen) atoms. The Morgan fingerprint density at radius 1 is 1.00 bits per heavy atom. The molecule has 0 radical (unpaired) electrons. The summed E-state index contributed by atoms with van der Waals surface area (Å²) in [5.41, 5.74) is 4.34. The van der Waals surface area contributed by atoms with Gasteiger partial charge in [-0.1, -0.05) is 6.07 Å². The van der Waals surface area contributed by atoms with Crippen molar-refractivity contribution in [2.24, 2.45) is 7.05 Å². The van der Waals surface area contributed by atoms with E-state index in [1.54, 1.807) is 7.11 Å². The number of imidazole rings is 1. The lowest BCUT2D eigenvalue weighted by Gasteiger charge is -2.05. The molecule has 0 saturated carbocycles. The lowest BCUT2D eigenvalue weighted by Crippen LogP contribution is -1.93. The zero-order valence-corrected chi connectivity index (χ0v) is 14.0. The SMILES string of the molecule is CNc1ccc(-c2nc3c4ccc(OC)cc4ccc3n2C)cc1. The van der Waals surface area contributed by atoms with Gasteiger partial charge in [0.15, 0.2) is 0 Å². The summed E-state index contributed by atoms with van der Waals surface area (Å²) in [6.07, 6.45) is 0. The number of anilines is 1. The molecule has 4 heteroatoms. The van der Waals surface area contributed by atoms with Crippen LogP contribution in [-0.4, -0.2) is 23.7 Å². The topological polar surface area (TPSA) is 39.1 Å². The maximum absolute atomic E-state index is 5.32.